The van der Waals surface area contributed by atoms with Gasteiger partial charge in [-0.25, -0.2) is 4.39 Å². The first kappa shape index (κ1) is 17.9. The lowest BCUT2D eigenvalue weighted by molar-refractivity contribution is 0.0633. The maximum atomic E-state index is 13.4. The van der Waals surface area contributed by atoms with E-state index in [0.717, 1.165) is 19.5 Å². The molecule has 2 atom stereocenters. The highest BCUT2D eigenvalue weighted by Crippen LogP contribution is 2.19. The summed E-state index contributed by atoms with van der Waals surface area (Å²) >= 11 is 0. The molecule has 1 amide bonds. The second-order valence-corrected chi connectivity index (χ2v) is 6.89. The van der Waals surface area contributed by atoms with E-state index in [2.05, 4.69) is 18.7 Å². The molecule has 0 aromatic heterocycles. The molecule has 1 aromatic rings. The molecule has 5 heteroatoms. The van der Waals surface area contributed by atoms with Gasteiger partial charge in [-0.1, -0.05) is 13.8 Å². The van der Waals surface area contributed by atoms with Crippen molar-refractivity contribution in [3.05, 3.63) is 35.1 Å². The molecule has 23 heavy (non-hydrogen) atoms. The van der Waals surface area contributed by atoms with Crippen LogP contribution >= 0.6 is 0 Å². The first-order valence-corrected chi connectivity index (χ1v) is 8.23. The molecule has 1 aliphatic rings. The molecule has 1 aliphatic heterocycles. The number of aliphatic hydroxyl groups is 1. The van der Waals surface area contributed by atoms with Crippen molar-refractivity contribution in [3.8, 4) is 0 Å². The Balaban J connectivity index is 2.11. The number of hydrogen-bond donors (Lipinski definition) is 1. The molecule has 128 valence electrons. The molecule has 0 saturated carbocycles. The molecule has 0 radical (unpaired) electrons. The number of hydrogen-bond acceptors (Lipinski definition) is 3. The largest absolute Gasteiger partial charge is 0.392 e. The molecule has 0 aliphatic carbocycles. The van der Waals surface area contributed by atoms with E-state index in [1.165, 1.54) is 12.1 Å². The summed E-state index contributed by atoms with van der Waals surface area (Å²) in [6.07, 6.45) is 0.531. The first-order chi connectivity index (χ1) is 10.8. The summed E-state index contributed by atoms with van der Waals surface area (Å²) in [4.78, 5) is 16.7. The minimum atomic E-state index is -0.296. The van der Waals surface area contributed by atoms with Crippen LogP contribution in [0.3, 0.4) is 0 Å². The van der Waals surface area contributed by atoms with Crippen molar-refractivity contribution in [2.75, 3.05) is 26.7 Å². The Morgan fingerprint density at radius 3 is 2.70 bits per heavy atom. The van der Waals surface area contributed by atoms with Crippen LogP contribution in [0.4, 0.5) is 4.39 Å². The van der Waals surface area contributed by atoms with Crippen molar-refractivity contribution in [3.63, 3.8) is 0 Å². The van der Waals surface area contributed by atoms with Crippen molar-refractivity contribution < 1.29 is 14.3 Å². The van der Waals surface area contributed by atoms with Crippen LogP contribution in [0, 0.1) is 18.7 Å². The number of aliphatic hydroxyl groups excluding tert-OH is 1. The monoisotopic (exact) mass is 322 g/mol. The summed E-state index contributed by atoms with van der Waals surface area (Å²) in [6.45, 7) is 8.13. The van der Waals surface area contributed by atoms with Crippen molar-refractivity contribution in [2.24, 2.45) is 5.92 Å². The topological polar surface area (TPSA) is 43.8 Å². The van der Waals surface area contributed by atoms with Gasteiger partial charge in [0, 0.05) is 38.3 Å². The third kappa shape index (κ3) is 4.30. The fourth-order valence-electron chi connectivity index (χ4n) is 3.16. The lowest BCUT2D eigenvalue weighted by atomic mass is 10.0. The first-order valence-electron chi connectivity index (χ1n) is 8.23. The Kier molecular flexibility index (Phi) is 5.76. The van der Waals surface area contributed by atoms with E-state index in [4.69, 9.17) is 0 Å². The standard InChI is InChI=1S/C18H27FN2O2/c1-12(2)17(11-21-8-7-15(22)10-21)20(4)18(23)14-5-6-16(19)13(3)9-14/h5-6,9,12,15,17,22H,7-8,10-11H2,1-4H3/t15-,17+/m0/s1. The van der Waals surface area contributed by atoms with Gasteiger partial charge in [0.2, 0.25) is 0 Å². The van der Waals surface area contributed by atoms with Crippen molar-refractivity contribution >= 4 is 5.91 Å². The summed E-state index contributed by atoms with van der Waals surface area (Å²) in [5, 5.41) is 9.68. The molecule has 4 nitrogen and oxygen atoms in total. The van der Waals surface area contributed by atoms with Gasteiger partial charge in [0.15, 0.2) is 0 Å². The van der Waals surface area contributed by atoms with Gasteiger partial charge >= 0.3 is 0 Å². The molecule has 0 unspecified atom stereocenters. The summed E-state index contributed by atoms with van der Waals surface area (Å²) in [6, 6.07) is 4.54. The molecule has 1 fully saturated rings. The Morgan fingerprint density at radius 2 is 2.17 bits per heavy atom. The molecule has 1 aromatic carbocycles. The molecule has 0 bridgehead atoms. The number of aryl methyl sites for hydroxylation is 1. The predicted octanol–water partition coefficient (Wildman–Crippen LogP) is 2.30. The summed E-state index contributed by atoms with van der Waals surface area (Å²) in [5.41, 5.74) is 0.992. The lowest BCUT2D eigenvalue weighted by Crippen LogP contribution is -2.47. The quantitative estimate of drug-likeness (QED) is 0.904. The highest BCUT2D eigenvalue weighted by molar-refractivity contribution is 5.94. The molecular weight excluding hydrogens is 295 g/mol. The van der Waals surface area contributed by atoms with E-state index in [-0.39, 0.29) is 23.9 Å². The third-order valence-corrected chi connectivity index (χ3v) is 4.69. The molecular formula is C18H27FN2O2. The predicted molar refractivity (Wildman–Crippen MR) is 88.9 cm³/mol. The minimum Gasteiger partial charge on any atom is -0.392 e. The van der Waals surface area contributed by atoms with E-state index in [1.807, 2.05) is 0 Å². The Hall–Kier alpha value is -1.46. The fraction of sp³-hybridized carbons (Fsp3) is 0.611. The highest BCUT2D eigenvalue weighted by atomic mass is 19.1. The van der Waals surface area contributed by atoms with Gasteiger partial charge in [-0.3, -0.25) is 9.69 Å². The number of halogens is 1. The third-order valence-electron chi connectivity index (χ3n) is 4.69. The maximum absolute atomic E-state index is 13.4. The zero-order valence-electron chi connectivity index (χ0n) is 14.4. The maximum Gasteiger partial charge on any atom is 0.253 e. The second-order valence-electron chi connectivity index (χ2n) is 6.89. The number of carbonyl (C=O) groups excluding carboxylic acids is 1. The number of amides is 1. The molecule has 1 N–H and O–H groups in total. The van der Waals surface area contributed by atoms with E-state index < -0.39 is 0 Å². The van der Waals surface area contributed by atoms with Gasteiger partial charge in [0.05, 0.1) is 6.10 Å². The van der Waals surface area contributed by atoms with Crippen molar-refractivity contribution in [1.82, 2.24) is 9.80 Å². The second kappa shape index (κ2) is 7.41. The Labute approximate surface area is 137 Å². The Morgan fingerprint density at radius 1 is 1.48 bits per heavy atom. The van der Waals surface area contributed by atoms with Crippen LogP contribution in [0.25, 0.3) is 0 Å². The number of carbonyl (C=O) groups is 1. The van der Waals surface area contributed by atoms with Crippen LogP contribution in [0.5, 0.6) is 0 Å². The summed E-state index contributed by atoms with van der Waals surface area (Å²) in [7, 11) is 1.80. The lowest BCUT2D eigenvalue weighted by Gasteiger charge is -2.34. The van der Waals surface area contributed by atoms with E-state index >= 15 is 0 Å². The number of nitrogens with zero attached hydrogens (tertiary/aromatic N) is 2. The van der Waals surface area contributed by atoms with Crippen LogP contribution < -0.4 is 0 Å². The number of rotatable bonds is 5. The Bertz CT molecular complexity index is 562. The summed E-state index contributed by atoms with van der Waals surface area (Å²) in [5.74, 6) is -0.0922. The van der Waals surface area contributed by atoms with Crippen LogP contribution in [-0.4, -0.2) is 59.6 Å². The van der Waals surface area contributed by atoms with Gasteiger partial charge in [-0.15, -0.1) is 0 Å². The van der Waals surface area contributed by atoms with Gasteiger partial charge in [0.1, 0.15) is 5.82 Å². The smallest absolute Gasteiger partial charge is 0.253 e. The van der Waals surface area contributed by atoms with Crippen molar-refractivity contribution in [1.29, 1.82) is 0 Å². The number of β-amino-alcohol motifs (C(OH)–C–C–N with tert-alkyl or cyclic N) is 1. The van der Waals surface area contributed by atoms with Gasteiger partial charge in [-0.05, 0) is 43.0 Å². The minimum absolute atomic E-state index is 0.0539. The van der Waals surface area contributed by atoms with Gasteiger partial charge in [0.25, 0.3) is 5.91 Å². The molecule has 0 spiro atoms. The van der Waals surface area contributed by atoms with Crippen LogP contribution in [0.1, 0.15) is 36.2 Å². The molecule has 1 saturated heterocycles. The van der Waals surface area contributed by atoms with Crippen molar-refractivity contribution in [2.45, 2.75) is 39.3 Å². The molecule has 2 rings (SSSR count). The fourth-order valence-corrected chi connectivity index (χ4v) is 3.16. The van der Waals surface area contributed by atoms with E-state index in [1.54, 1.807) is 24.9 Å². The van der Waals surface area contributed by atoms with E-state index in [9.17, 15) is 14.3 Å². The normalized spacial score (nSPS) is 20.0. The number of likely N-dealkylation sites (tertiary alicyclic amines) is 1. The highest BCUT2D eigenvalue weighted by Gasteiger charge is 2.29. The van der Waals surface area contributed by atoms with Crippen LogP contribution in [0.15, 0.2) is 18.2 Å². The number of likely N-dealkylation sites (N-methyl/N-ethyl adjacent to an activating group) is 1. The van der Waals surface area contributed by atoms with Crippen LogP contribution in [-0.2, 0) is 0 Å². The van der Waals surface area contributed by atoms with Crippen LogP contribution in [0.2, 0.25) is 0 Å². The zero-order chi connectivity index (χ0) is 17.1. The zero-order valence-corrected chi connectivity index (χ0v) is 14.4. The molecule has 1 heterocycles. The number of benzene rings is 1. The SMILES string of the molecule is Cc1cc(C(=O)N(C)[C@H](CN2CC[C@H](O)C2)C(C)C)ccc1F. The van der Waals surface area contributed by atoms with E-state index in [0.29, 0.717) is 23.6 Å². The summed E-state index contributed by atoms with van der Waals surface area (Å²) < 4.78 is 13.4. The average Bonchev–Trinajstić information content (AvgIpc) is 2.91. The average molecular weight is 322 g/mol. The van der Waals surface area contributed by atoms with Gasteiger partial charge in [-0.2, -0.15) is 0 Å². The van der Waals surface area contributed by atoms with Gasteiger partial charge < -0.3 is 10.0 Å².